The lowest BCUT2D eigenvalue weighted by Gasteiger charge is -2.20. The molecule has 0 aliphatic heterocycles. The number of thiol groups is 1. The molecular weight excluding hydrogens is 196 g/mol. The van der Waals surface area contributed by atoms with E-state index in [4.69, 9.17) is 0 Å². The van der Waals surface area contributed by atoms with Gasteiger partial charge in [0.2, 0.25) is 5.91 Å². The van der Waals surface area contributed by atoms with Gasteiger partial charge in [-0.2, -0.15) is 12.6 Å². The Morgan fingerprint density at radius 3 is 2.64 bits per heavy atom. The summed E-state index contributed by atoms with van der Waals surface area (Å²) >= 11 is 4.29. The second-order valence-corrected chi connectivity index (χ2v) is 4.57. The summed E-state index contributed by atoms with van der Waals surface area (Å²) in [6, 6.07) is 0. The molecule has 1 rings (SSSR count). The Kier molecular flexibility index (Phi) is 4.26. The number of amides is 1. The molecule has 82 valence electrons. The van der Waals surface area contributed by atoms with Gasteiger partial charge in [-0.05, 0) is 31.1 Å². The summed E-state index contributed by atoms with van der Waals surface area (Å²) < 4.78 is 0. The van der Waals surface area contributed by atoms with Crippen molar-refractivity contribution in [3.8, 4) is 0 Å². The summed E-state index contributed by atoms with van der Waals surface area (Å²) in [5, 5.41) is 3.04. The predicted octanol–water partition coefficient (Wildman–Crippen LogP) is 0.764. The minimum atomic E-state index is 0.244. The van der Waals surface area contributed by atoms with Crippen LogP contribution in [0.25, 0.3) is 0 Å². The van der Waals surface area contributed by atoms with E-state index in [1.807, 2.05) is 14.1 Å². The topological polar surface area (TPSA) is 32.3 Å². The molecule has 0 spiro atoms. The first-order valence-corrected chi connectivity index (χ1v) is 5.76. The largest absolute Gasteiger partial charge is 0.344 e. The molecule has 0 radical (unpaired) electrons. The van der Waals surface area contributed by atoms with Crippen molar-refractivity contribution in [1.82, 2.24) is 10.2 Å². The molecule has 0 saturated heterocycles. The number of likely N-dealkylation sites (N-methyl/N-ethyl adjacent to an activating group) is 2. The Morgan fingerprint density at radius 2 is 2.21 bits per heavy atom. The fraction of sp³-hybridized carbons (Fsp3) is 0.900. The number of rotatable bonds is 6. The normalized spacial score (nSPS) is 17.9. The van der Waals surface area contributed by atoms with Crippen LogP contribution in [0, 0.1) is 5.41 Å². The zero-order chi connectivity index (χ0) is 10.6. The summed E-state index contributed by atoms with van der Waals surface area (Å²) in [7, 11) is 3.77. The van der Waals surface area contributed by atoms with Gasteiger partial charge in [-0.25, -0.2) is 0 Å². The van der Waals surface area contributed by atoms with Crippen LogP contribution in [0.5, 0.6) is 0 Å². The second kappa shape index (κ2) is 5.03. The molecule has 0 atom stereocenters. The van der Waals surface area contributed by atoms with Crippen molar-refractivity contribution in [2.45, 2.75) is 19.3 Å². The van der Waals surface area contributed by atoms with Gasteiger partial charge in [-0.3, -0.25) is 4.79 Å². The first-order valence-electron chi connectivity index (χ1n) is 5.13. The fourth-order valence-corrected chi connectivity index (χ4v) is 1.86. The van der Waals surface area contributed by atoms with Gasteiger partial charge in [-0.1, -0.05) is 0 Å². The highest BCUT2D eigenvalue weighted by molar-refractivity contribution is 7.80. The van der Waals surface area contributed by atoms with Crippen molar-refractivity contribution in [2.24, 2.45) is 5.41 Å². The van der Waals surface area contributed by atoms with E-state index in [0.29, 0.717) is 6.42 Å². The molecule has 0 aromatic carbocycles. The molecule has 4 heteroatoms. The standard InChI is InChI=1S/C10H20N2OS/c1-11-5-6-12(2)9(13)7-10(8-14)3-4-10/h11,14H,3-8H2,1-2H3. The van der Waals surface area contributed by atoms with Crippen LogP contribution in [0.1, 0.15) is 19.3 Å². The van der Waals surface area contributed by atoms with E-state index in [2.05, 4.69) is 17.9 Å². The number of hydrogen-bond acceptors (Lipinski definition) is 3. The molecule has 0 bridgehead atoms. The lowest BCUT2D eigenvalue weighted by molar-refractivity contribution is -0.130. The number of carbonyl (C=O) groups is 1. The van der Waals surface area contributed by atoms with Crippen LogP contribution in [0.4, 0.5) is 0 Å². The van der Waals surface area contributed by atoms with Crippen molar-refractivity contribution in [2.75, 3.05) is 32.9 Å². The van der Waals surface area contributed by atoms with Gasteiger partial charge in [0.05, 0.1) is 0 Å². The summed E-state index contributed by atoms with van der Waals surface area (Å²) in [6.45, 7) is 1.65. The van der Waals surface area contributed by atoms with Crippen molar-refractivity contribution in [3.63, 3.8) is 0 Å². The van der Waals surface area contributed by atoms with E-state index in [1.165, 1.54) is 12.8 Å². The molecule has 1 fully saturated rings. The first kappa shape index (κ1) is 11.9. The molecule has 1 aliphatic carbocycles. The van der Waals surface area contributed by atoms with Crippen molar-refractivity contribution < 1.29 is 4.79 Å². The van der Waals surface area contributed by atoms with Gasteiger partial charge in [0.1, 0.15) is 0 Å². The molecule has 14 heavy (non-hydrogen) atoms. The molecule has 0 aromatic heterocycles. The van der Waals surface area contributed by atoms with Gasteiger partial charge in [-0.15, -0.1) is 0 Å². The third-order valence-corrected chi connectivity index (χ3v) is 3.61. The van der Waals surface area contributed by atoms with Gasteiger partial charge in [0, 0.05) is 26.6 Å². The van der Waals surface area contributed by atoms with E-state index in [0.717, 1.165) is 18.8 Å². The van der Waals surface area contributed by atoms with Crippen LogP contribution >= 0.6 is 12.6 Å². The van der Waals surface area contributed by atoms with Crippen LogP contribution in [0.15, 0.2) is 0 Å². The Morgan fingerprint density at radius 1 is 1.57 bits per heavy atom. The van der Waals surface area contributed by atoms with Crippen LogP contribution in [-0.4, -0.2) is 43.7 Å². The van der Waals surface area contributed by atoms with E-state index >= 15 is 0 Å². The van der Waals surface area contributed by atoms with Crippen LogP contribution in [0.2, 0.25) is 0 Å². The highest BCUT2D eigenvalue weighted by Gasteiger charge is 2.43. The average molecular weight is 216 g/mol. The summed E-state index contributed by atoms with van der Waals surface area (Å²) in [6.07, 6.45) is 3.01. The summed E-state index contributed by atoms with van der Waals surface area (Å²) in [4.78, 5) is 13.5. The number of nitrogens with one attached hydrogen (secondary N) is 1. The zero-order valence-corrected chi connectivity index (χ0v) is 9.94. The average Bonchev–Trinajstić information content (AvgIpc) is 2.94. The zero-order valence-electron chi connectivity index (χ0n) is 9.05. The fourth-order valence-electron chi connectivity index (χ4n) is 1.43. The lowest BCUT2D eigenvalue weighted by Crippen LogP contribution is -2.34. The molecule has 0 aromatic rings. The Labute approximate surface area is 91.6 Å². The maximum atomic E-state index is 11.7. The highest BCUT2D eigenvalue weighted by Crippen LogP contribution is 2.49. The minimum Gasteiger partial charge on any atom is -0.344 e. The second-order valence-electron chi connectivity index (χ2n) is 4.25. The van der Waals surface area contributed by atoms with Crippen LogP contribution < -0.4 is 5.32 Å². The molecule has 0 heterocycles. The number of carbonyl (C=O) groups excluding carboxylic acids is 1. The van der Waals surface area contributed by atoms with Gasteiger partial charge in [0.15, 0.2) is 0 Å². The van der Waals surface area contributed by atoms with E-state index in [9.17, 15) is 4.79 Å². The maximum absolute atomic E-state index is 11.7. The Hall–Kier alpha value is -0.220. The Bertz CT molecular complexity index is 204. The molecule has 1 aliphatic rings. The van der Waals surface area contributed by atoms with Crippen molar-refractivity contribution in [1.29, 1.82) is 0 Å². The summed E-state index contributed by atoms with van der Waals surface area (Å²) in [5.41, 5.74) is 0.244. The van der Waals surface area contributed by atoms with E-state index in [-0.39, 0.29) is 11.3 Å². The van der Waals surface area contributed by atoms with E-state index < -0.39 is 0 Å². The molecular formula is C10H20N2OS. The van der Waals surface area contributed by atoms with Crippen molar-refractivity contribution in [3.05, 3.63) is 0 Å². The van der Waals surface area contributed by atoms with E-state index in [1.54, 1.807) is 4.90 Å². The third kappa shape index (κ3) is 3.17. The smallest absolute Gasteiger partial charge is 0.222 e. The molecule has 1 saturated carbocycles. The highest BCUT2D eigenvalue weighted by atomic mass is 32.1. The number of hydrogen-bond donors (Lipinski definition) is 2. The lowest BCUT2D eigenvalue weighted by atomic mass is 10.0. The van der Waals surface area contributed by atoms with Gasteiger partial charge >= 0.3 is 0 Å². The third-order valence-electron chi connectivity index (χ3n) is 2.94. The quantitative estimate of drug-likeness (QED) is 0.643. The molecule has 1 N–H and O–H groups in total. The Balaban J connectivity index is 2.27. The summed E-state index contributed by atoms with van der Waals surface area (Å²) in [5.74, 6) is 1.10. The SMILES string of the molecule is CNCCN(C)C(=O)CC1(CS)CC1. The van der Waals surface area contributed by atoms with Crippen LogP contribution in [0.3, 0.4) is 0 Å². The van der Waals surface area contributed by atoms with Gasteiger partial charge < -0.3 is 10.2 Å². The molecule has 3 nitrogen and oxygen atoms in total. The molecule has 1 amide bonds. The monoisotopic (exact) mass is 216 g/mol. The van der Waals surface area contributed by atoms with Crippen LogP contribution in [-0.2, 0) is 4.79 Å². The molecule has 0 unspecified atom stereocenters. The first-order chi connectivity index (χ1) is 6.63. The minimum absolute atomic E-state index is 0.244. The number of nitrogens with zero attached hydrogens (tertiary/aromatic N) is 1. The predicted molar refractivity (Wildman–Crippen MR) is 61.7 cm³/mol. The maximum Gasteiger partial charge on any atom is 0.222 e. The van der Waals surface area contributed by atoms with Crippen molar-refractivity contribution >= 4 is 18.5 Å². The van der Waals surface area contributed by atoms with Gasteiger partial charge in [0.25, 0.3) is 0 Å².